The van der Waals surface area contributed by atoms with Gasteiger partial charge in [-0.25, -0.2) is 9.97 Å². The first-order chi connectivity index (χ1) is 12.1. The molecule has 0 radical (unpaired) electrons. The van der Waals surface area contributed by atoms with Crippen molar-refractivity contribution in [2.75, 3.05) is 25.1 Å². The van der Waals surface area contributed by atoms with Gasteiger partial charge in [0, 0.05) is 13.1 Å². The molecule has 4 rings (SSSR count). The van der Waals surface area contributed by atoms with Crippen molar-refractivity contribution in [1.82, 2.24) is 9.97 Å². The minimum atomic E-state index is -0.791. The second-order valence-corrected chi connectivity index (χ2v) is 7.42. The summed E-state index contributed by atoms with van der Waals surface area (Å²) in [6.07, 6.45) is 2.99. The third-order valence-electron chi connectivity index (χ3n) is 5.03. The van der Waals surface area contributed by atoms with Crippen molar-refractivity contribution in [3.8, 4) is 5.75 Å². The van der Waals surface area contributed by atoms with E-state index in [-0.39, 0.29) is 0 Å². The minimum Gasteiger partial charge on any atom is -0.497 e. The molecule has 3 heterocycles. The maximum atomic E-state index is 11.1. The Morgan fingerprint density at radius 1 is 1.16 bits per heavy atom. The van der Waals surface area contributed by atoms with Gasteiger partial charge in [-0.15, -0.1) is 11.3 Å². The molecular formula is C19H21N3O2S. The van der Waals surface area contributed by atoms with Gasteiger partial charge >= 0.3 is 0 Å². The molecule has 0 atom stereocenters. The summed E-state index contributed by atoms with van der Waals surface area (Å²) in [6.45, 7) is 3.62. The van der Waals surface area contributed by atoms with Gasteiger partial charge in [-0.05, 0) is 48.4 Å². The molecule has 1 aliphatic rings. The molecule has 130 valence electrons. The van der Waals surface area contributed by atoms with Crippen LogP contribution in [0.25, 0.3) is 10.2 Å². The fourth-order valence-corrected chi connectivity index (χ4v) is 4.48. The molecule has 2 aromatic heterocycles. The second kappa shape index (κ2) is 6.28. The van der Waals surface area contributed by atoms with Crippen LogP contribution < -0.4 is 9.64 Å². The Morgan fingerprint density at radius 2 is 1.88 bits per heavy atom. The summed E-state index contributed by atoms with van der Waals surface area (Å²) < 4.78 is 6.34. The van der Waals surface area contributed by atoms with E-state index < -0.39 is 5.60 Å². The van der Waals surface area contributed by atoms with Crippen molar-refractivity contribution in [3.05, 3.63) is 47.1 Å². The van der Waals surface area contributed by atoms with Gasteiger partial charge in [-0.3, -0.25) is 0 Å². The van der Waals surface area contributed by atoms with E-state index >= 15 is 0 Å². The topological polar surface area (TPSA) is 58.5 Å². The zero-order valence-electron chi connectivity index (χ0n) is 14.4. The van der Waals surface area contributed by atoms with Crippen molar-refractivity contribution in [2.24, 2.45) is 0 Å². The predicted molar refractivity (Wildman–Crippen MR) is 100 cm³/mol. The lowest BCUT2D eigenvalue weighted by Gasteiger charge is -2.39. The Kier molecular flexibility index (Phi) is 4.09. The van der Waals surface area contributed by atoms with E-state index in [9.17, 15) is 5.11 Å². The normalized spacial score (nSPS) is 17.0. The number of rotatable bonds is 3. The highest BCUT2D eigenvalue weighted by Crippen LogP contribution is 2.37. The Hall–Kier alpha value is -2.18. The molecule has 0 amide bonds. The number of hydrogen-bond donors (Lipinski definition) is 1. The van der Waals surface area contributed by atoms with E-state index in [1.165, 1.54) is 5.56 Å². The molecule has 0 bridgehead atoms. The van der Waals surface area contributed by atoms with Crippen molar-refractivity contribution in [2.45, 2.75) is 25.4 Å². The Bertz CT molecular complexity index is 883. The zero-order valence-corrected chi connectivity index (χ0v) is 15.2. The Labute approximate surface area is 150 Å². The number of aryl methyl sites for hydroxylation is 1. The summed E-state index contributed by atoms with van der Waals surface area (Å²) in [5, 5.41) is 13.2. The standard InChI is InChI=1S/C19H21N3O2S/c1-13-11-25-17-16(13)20-12-21-18(17)22-9-7-19(23,8-10-22)14-3-5-15(24-2)6-4-14/h3-6,11-12,23H,7-10H2,1-2H3. The number of piperidine rings is 1. The lowest BCUT2D eigenvalue weighted by Crippen LogP contribution is -2.43. The summed E-state index contributed by atoms with van der Waals surface area (Å²) in [6, 6.07) is 7.73. The molecular weight excluding hydrogens is 334 g/mol. The number of nitrogens with zero attached hydrogens (tertiary/aromatic N) is 3. The van der Waals surface area contributed by atoms with Crippen LogP contribution in [-0.2, 0) is 5.60 Å². The summed E-state index contributed by atoms with van der Waals surface area (Å²) in [4.78, 5) is 11.2. The second-order valence-electron chi connectivity index (χ2n) is 6.54. The van der Waals surface area contributed by atoms with Crippen LogP contribution >= 0.6 is 11.3 Å². The highest BCUT2D eigenvalue weighted by atomic mass is 32.1. The van der Waals surface area contributed by atoms with Crippen LogP contribution in [0.4, 0.5) is 5.82 Å². The van der Waals surface area contributed by atoms with Gasteiger partial charge in [-0.2, -0.15) is 0 Å². The lowest BCUT2D eigenvalue weighted by molar-refractivity contribution is 0.0117. The third-order valence-corrected chi connectivity index (χ3v) is 6.11. The van der Waals surface area contributed by atoms with Gasteiger partial charge in [0.05, 0.1) is 22.9 Å². The smallest absolute Gasteiger partial charge is 0.150 e. The van der Waals surface area contributed by atoms with Gasteiger partial charge < -0.3 is 14.7 Å². The highest BCUT2D eigenvalue weighted by Gasteiger charge is 2.35. The molecule has 0 aliphatic carbocycles. The van der Waals surface area contributed by atoms with E-state index in [1.54, 1.807) is 24.8 Å². The van der Waals surface area contributed by atoms with Gasteiger partial charge in [0.15, 0.2) is 0 Å². The molecule has 25 heavy (non-hydrogen) atoms. The molecule has 3 aromatic rings. The number of hydrogen-bond acceptors (Lipinski definition) is 6. The summed E-state index contributed by atoms with van der Waals surface area (Å²) in [7, 11) is 1.65. The van der Waals surface area contributed by atoms with Gasteiger partial charge in [0.2, 0.25) is 0 Å². The summed E-state index contributed by atoms with van der Waals surface area (Å²) >= 11 is 1.69. The van der Waals surface area contributed by atoms with Gasteiger partial charge in [-0.1, -0.05) is 12.1 Å². The summed E-state index contributed by atoms with van der Waals surface area (Å²) in [5.74, 6) is 1.79. The first kappa shape index (κ1) is 16.3. The number of ether oxygens (including phenoxy) is 1. The maximum Gasteiger partial charge on any atom is 0.150 e. The molecule has 6 heteroatoms. The van der Waals surface area contributed by atoms with E-state index in [2.05, 4.69) is 27.2 Å². The summed E-state index contributed by atoms with van der Waals surface area (Å²) in [5.41, 5.74) is 2.38. The molecule has 5 nitrogen and oxygen atoms in total. The van der Waals surface area contributed by atoms with E-state index in [0.717, 1.165) is 40.4 Å². The van der Waals surface area contributed by atoms with Crippen LogP contribution in [0.2, 0.25) is 0 Å². The van der Waals surface area contributed by atoms with Crippen LogP contribution in [0.5, 0.6) is 5.75 Å². The van der Waals surface area contributed by atoms with Gasteiger partial charge in [0.25, 0.3) is 0 Å². The first-order valence-corrected chi connectivity index (χ1v) is 9.29. The number of aromatic nitrogens is 2. The molecule has 1 saturated heterocycles. The minimum absolute atomic E-state index is 0.676. The van der Waals surface area contributed by atoms with E-state index in [1.807, 2.05) is 24.3 Å². The van der Waals surface area contributed by atoms with Crippen LogP contribution in [0.3, 0.4) is 0 Å². The highest BCUT2D eigenvalue weighted by molar-refractivity contribution is 7.18. The zero-order chi connectivity index (χ0) is 17.4. The molecule has 1 fully saturated rings. The Balaban J connectivity index is 1.55. The maximum absolute atomic E-state index is 11.1. The number of methoxy groups -OCH3 is 1. The monoisotopic (exact) mass is 355 g/mol. The van der Waals surface area contributed by atoms with Crippen LogP contribution in [-0.4, -0.2) is 35.3 Å². The largest absolute Gasteiger partial charge is 0.497 e. The quantitative estimate of drug-likeness (QED) is 0.779. The van der Waals surface area contributed by atoms with Crippen molar-refractivity contribution >= 4 is 27.4 Å². The molecule has 0 unspecified atom stereocenters. The predicted octanol–water partition coefficient (Wildman–Crippen LogP) is 3.50. The third kappa shape index (κ3) is 2.85. The van der Waals surface area contributed by atoms with Crippen molar-refractivity contribution in [1.29, 1.82) is 0 Å². The van der Waals surface area contributed by atoms with Crippen LogP contribution in [0, 0.1) is 6.92 Å². The number of benzene rings is 1. The first-order valence-electron chi connectivity index (χ1n) is 8.41. The molecule has 1 N–H and O–H groups in total. The van der Waals surface area contributed by atoms with Crippen molar-refractivity contribution in [3.63, 3.8) is 0 Å². The van der Waals surface area contributed by atoms with E-state index in [4.69, 9.17) is 4.74 Å². The average Bonchev–Trinajstić information content (AvgIpc) is 3.04. The van der Waals surface area contributed by atoms with Crippen molar-refractivity contribution < 1.29 is 9.84 Å². The van der Waals surface area contributed by atoms with Crippen LogP contribution in [0.1, 0.15) is 24.0 Å². The average molecular weight is 355 g/mol. The van der Waals surface area contributed by atoms with E-state index in [0.29, 0.717) is 12.8 Å². The van der Waals surface area contributed by atoms with Crippen LogP contribution in [0.15, 0.2) is 36.0 Å². The number of fused-ring (bicyclic) bond motifs is 1. The fourth-order valence-electron chi connectivity index (χ4n) is 3.46. The fraction of sp³-hybridized carbons (Fsp3) is 0.368. The number of aliphatic hydroxyl groups is 1. The number of thiophene rings is 1. The molecule has 1 aliphatic heterocycles. The molecule has 1 aromatic carbocycles. The lowest BCUT2D eigenvalue weighted by atomic mass is 9.84. The van der Waals surface area contributed by atoms with Gasteiger partial charge in [0.1, 0.15) is 17.9 Å². The number of anilines is 1. The Morgan fingerprint density at radius 3 is 2.56 bits per heavy atom. The molecule has 0 saturated carbocycles. The molecule has 0 spiro atoms. The SMILES string of the molecule is COc1ccc(C2(O)CCN(c3ncnc4c(C)csc34)CC2)cc1.